The van der Waals surface area contributed by atoms with Crippen LogP contribution < -0.4 is 9.47 Å². The fraction of sp³-hybridized carbons (Fsp3) is 0.353. The van der Waals surface area contributed by atoms with Crippen molar-refractivity contribution in [3.8, 4) is 11.5 Å². The van der Waals surface area contributed by atoms with Gasteiger partial charge in [0, 0.05) is 24.0 Å². The molecule has 3 rings (SSSR count). The van der Waals surface area contributed by atoms with Crippen LogP contribution in [0.3, 0.4) is 0 Å². The van der Waals surface area contributed by atoms with Gasteiger partial charge in [-0.25, -0.2) is 0 Å². The second kappa shape index (κ2) is 6.13. The number of carbonyl (C=O) groups excluding carboxylic acids is 1. The highest BCUT2D eigenvalue weighted by Crippen LogP contribution is 2.34. The van der Waals surface area contributed by atoms with E-state index >= 15 is 0 Å². The first kappa shape index (κ1) is 14.5. The maximum Gasteiger partial charge on any atom is 0.254 e. The van der Waals surface area contributed by atoms with Gasteiger partial charge in [0.2, 0.25) is 0 Å². The molecule has 0 aliphatic carbocycles. The number of benzene rings is 1. The molecule has 0 radical (unpaired) electrons. The molecule has 116 valence electrons. The first-order chi connectivity index (χ1) is 10.7. The molecule has 0 saturated carbocycles. The summed E-state index contributed by atoms with van der Waals surface area (Å²) in [5.41, 5.74) is 1.71. The number of nitrogens with one attached hydrogen (secondary N) is 1. The van der Waals surface area contributed by atoms with E-state index in [2.05, 4.69) is 4.98 Å². The smallest absolute Gasteiger partial charge is 0.254 e. The van der Waals surface area contributed by atoms with Gasteiger partial charge in [0.1, 0.15) is 0 Å². The largest absolute Gasteiger partial charge is 0.493 e. The lowest BCUT2D eigenvalue weighted by Crippen LogP contribution is -2.30. The van der Waals surface area contributed by atoms with Crippen LogP contribution in [-0.4, -0.2) is 36.6 Å². The third-order valence-corrected chi connectivity index (χ3v) is 4.13. The Balaban J connectivity index is 1.87. The normalized spacial score (nSPS) is 17.5. The third kappa shape index (κ3) is 2.54. The zero-order valence-electron chi connectivity index (χ0n) is 12.8. The van der Waals surface area contributed by atoms with Crippen molar-refractivity contribution in [1.82, 2.24) is 9.88 Å². The molecule has 1 fully saturated rings. The number of hydrogen-bond donors (Lipinski definition) is 1. The van der Waals surface area contributed by atoms with E-state index in [1.807, 2.05) is 23.2 Å². The van der Waals surface area contributed by atoms with E-state index in [1.54, 1.807) is 32.4 Å². The lowest BCUT2D eigenvalue weighted by Gasteiger charge is -2.24. The molecule has 2 heterocycles. The van der Waals surface area contributed by atoms with Crippen molar-refractivity contribution in [2.75, 3.05) is 20.8 Å². The van der Waals surface area contributed by atoms with Crippen LogP contribution in [0.25, 0.3) is 0 Å². The number of H-pyrrole nitrogens is 1. The van der Waals surface area contributed by atoms with Crippen molar-refractivity contribution in [3.05, 3.63) is 47.8 Å². The Morgan fingerprint density at radius 3 is 2.73 bits per heavy atom. The van der Waals surface area contributed by atoms with Crippen molar-refractivity contribution < 1.29 is 14.3 Å². The van der Waals surface area contributed by atoms with E-state index in [0.717, 1.165) is 25.1 Å². The molecule has 1 N–H and O–H groups in total. The molecule has 1 aliphatic rings. The molecule has 5 heteroatoms. The summed E-state index contributed by atoms with van der Waals surface area (Å²) in [6, 6.07) is 9.41. The van der Waals surface area contributed by atoms with Crippen LogP contribution in [-0.2, 0) is 0 Å². The Bertz CT molecular complexity index is 652. The van der Waals surface area contributed by atoms with Crippen LogP contribution >= 0.6 is 0 Å². The SMILES string of the molecule is COc1ccc(C(=O)N2CCCC2c2ccc[nH]2)cc1OC. The summed E-state index contributed by atoms with van der Waals surface area (Å²) >= 11 is 0. The predicted octanol–water partition coefficient (Wildman–Crippen LogP) is 3.01. The molecule has 1 atom stereocenters. The first-order valence-corrected chi connectivity index (χ1v) is 7.41. The number of methoxy groups -OCH3 is 2. The molecule has 1 amide bonds. The molecule has 2 aromatic rings. The second-order valence-corrected chi connectivity index (χ2v) is 5.35. The van der Waals surface area contributed by atoms with Gasteiger partial charge in [0.15, 0.2) is 11.5 Å². The van der Waals surface area contributed by atoms with E-state index in [-0.39, 0.29) is 11.9 Å². The summed E-state index contributed by atoms with van der Waals surface area (Å²) in [5, 5.41) is 0. The van der Waals surface area contributed by atoms with Crippen molar-refractivity contribution in [2.45, 2.75) is 18.9 Å². The molecule has 1 aromatic heterocycles. The highest BCUT2D eigenvalue weighted by Gasteiger charge is 2.31. The molecule has 1 aliphatic heterocycles. The molecule has 1 unspecified atom stereocenters. The van der Waals surface area contributed by atoms with Crippen LogP contribution in [0.5, 0.6) is 11.5 Å². The minimum absolute atomic E-state index is 0.0260. The maximum absolute atomic E-state index is 12.8. The maximum atomic E-state index is 12.8. The number of aromatic nitrogens is 1. The lowest BCUT2D eigenvalue weighted by molar-refractivity contribution is 0.0733. The van der Waals surface area contributed by atoms with Crippen molar-refractivity contribution in [2.24, 2.45) is 0 Å². The number of rotatable bonds is 4. The zero-order valence-corrected chi connectivity index (χ0v) is 12.8. The lowest BCUT2D eigenvalue weighted by atomic mass is 10.1. The molecular formula is C17H20N2O3. The van der Waals surface area contributed by atoms with E-state index in [1.165, 1.54) is 0 Å². The van der Waals surface area contributed by atoms with Crippen LogP contribution in [0.4, 0.5) is 0 Å². The number of carbonyl (C=O) groups is 1. The Kier molecular flexibility index (Phi) is 4.04. The van der Waals surface area contributed by atoms with Crippen molar-refractivity contribution in [1.29, 1.82) is 0 Å². The summed E-state index contributed by atoms with van der Waals surface area (Å²) < 4.78 is 10.5. The fourth-order valence-electron chi connectivity index (χ4n) is 3.02. The van der Waals surface area contributed by atoms with Gasteiger partial charge in [0.05, 0.1) is 20.3 Å². The molecule has 1 aromatic carbocycles. The standard InChI is InChI=1S/C17H20N2O3/c1-21-15-8-7-12(11-16(15)22-2)17(20)19-10-4-6-14(19)13-5-3-9-18-13/h3,5,7-9,11,14,18H,4,6,10H2,1-2H3. The van der Waals surface area contributed by atoms with Crippen LogP contribution in [0, 0.1) is 0 Å². The zero-order chi connectivity index (χ0) is 15.5. The molecule has 22 heavy (non-hydrogen) atoms. The number of nitrogens with zero attached hydrogens (tertiary/aromatic N) is 1. The van der Waals surface area contributed by atoms with E-state index in [9.17, 15) is 4.79 Å². The summed E-state index contributed by atoms with van der Waals surface area (Å²) in [4.78, 5) is 18.0. The Labute approximate surface area is 129 Å². The van der Waals surface area contributed by atoms with Gasteiger partial charge >= 0.3 is 0 Å². The van der Waals surface area contributed by atoms with Gasteiger partial charge in [-0.3, -0.25) is 4.79 Å². The fourth-order valence-corrected chi connectivity index (χ4v) is 3.02. The van der Waals surface area contributed by atoms with E-state index in [4.69, 9.17) is 9.47 Å². The molecular weight excluding hydrogens is 280 g/mol. The van der Waals surface area contributed by atoms with Gasteiger partial charge in [-0.05, 0) is 43.2 Å². The van der Waals surface area contributed by atoms with Crippen molar-refractivity contribution in [3.63, 3.8) is 0 Å². The highest BCUT2D eigenvalue weighted by atomic mass is 16.5. The number of aromatic amines is 1. The van der Waals surface area contributed by atoms with Gasteiger partial charge in [-0.2, -0.15) is 0 Å². The summed E-state index contributed by atoms with van der Waals surface area (Å²) in [7, 11) is 3.16. The number of ether oxygens (including phenoxy) is 2. The molecule has 5 nitrogen and oxygen atoms in total. The minimum atomic E-state index is 0.0260. The number of amides is 1. The van der Waals surface area contributed by atoms with Gasteiger partial charge in [0.25, 0.3) is 5.91 Å². The summed E-state index contributed by atoms with van der Waals surface area (Å²) in [5.74, 6) is 1.23. The number of likely N-dealkylation sites (tertiary alicyclic amines) is 1. The van der Waals surface area contributed by atoms with E-state index < -0.39 is 0 Å². The molecule has 0 spiro atoms. The van der Waals surface area contributed by atoms with Crippen LogP contribution in [0.1, 0.15) is 34.9 Å². The highest BCUT2D eigenvalue weighted by molar-refractivity contribution is 5.95. The quantitative estimate of drug-likeness (QED) is 0.944. The number of hydrogen-bond acceptors (Lipinski definition) is 3. The Hall–Kier alpha value is -2.43. The monoisotopic (exact) mass is 300 g/mol. The molecule has 1 saturated heterocycles. The average Bonchev–Trinajstić information content (AvgIpc) is 3.23. The average molecular weight is 300 g/mol. The molecule has 0 bridgehead atoms. The van der Waals surface area contributed by atoms with Crippen LogP contribution in [0.2, 0.25) is 0 Å². The Morgan fingerprint density at radius 2 is 2.05 bits per heavy atom. The van der Waals surface area contributed by atoms with Gasteiger partial charge < -0.3 is 19.4 Å². The summed E-state index contributed by atoms with van der Waals surface area (Å²) in [6.45, 7) is 0.775. The minimum Gasteiger partial charge on any atom is -0.493 e. The van der Waals surface area contributed by atoms with Crippen LogP contribution in [0.15, 0.2) is 36.5 Å². The van der Waals surface area contributed by atoms with Crippen molar-refractivity contribution >= 4 is 5.91 Å². The summed E-state index contributed by atoms with van der Waals surface area (Å²) in [6.07, 6.45) is 3.90. The topological polar surface area (TPSA) is 54.6 Å². The second-order valence-electron chi connectivity index (χ2n) is 5.35. The van der Waals surface area contributed by atoms with Gasteiger partial charge in [-0.15, -0.1) is 0 Å². The predicted molar refractivity (Wildman–Crippen MR) is 83.4 cm³/mol. The van der Waals surface area contributed by atoms with Gasteiger partial charge in [-0.1, -0.05) is 0 Å². The third-order valence-electron chi connectivity index (χ3n) is 4.13. The Morgan fingerprint density at radius 1 is 1.23 bits per heavy atom. The first-order valence-electron chi connectivity index (χ1n) is 7.41. The van der Waals surface area contributed by atoms with E-state index in [0.29, 0.717) is 17.1 Å².